The lowest BCUT2D eigenvalue weighted by Gasteiger charge is -2.08. The maximum atomic E-state index is 12.2. The fourth-order valence-electron chi connectivity index (χ4n) is 1.99. The number of azo groups is 1. The molecular formula is C16H18N2O5. The van der Waals surface area contributed by atoms with Crippen molar-refractivity contribution in [3.05, 3.63) is 41.6 Å². The summed E-state index contributed by atoms with van der Waals surface area (Å²) < 4.78 is 20.7. The summed E-state index contributed by atoms with van der Waals surface area (Å²) in [6.45, 7) is 0. The van der Waals surface area contributed by atoms with Crippen LogP contribution in [0.25, 0.3) is 0 Å². The number of methoxy groups -OCH3 is 4. The first-order valence-corrected chi connectivity index (χ1v) is 6.76. The van der Waals surface area contributed by atoms with Crippen LogP contribution in [0.5, 0.6) is 23.0 Å². The van der Waals surface area contributed by atoms with Gasteiger partial charge in [-0.15, -0.1) is 0 Å². The van der Waals surface area contributed by atoms with E-state index in [0.29, 0.717) is 39.2 Å². The number of hydrogen-bond donors (Lipinski definition) is 0. The molecule has 0 saturated carbocycles. The van der Waals surface area contributed by atoms with Crippen molar-refractivity contribution in [1.82, 2.24) is 0 Å². The number of ether oxygens (including phenoxy) is 4. The van der Waals surface area contributed by atoms with E-state index in [2.05, 4.69) is 5.11 Å². The van der Waals surface area contributed by atoms with Gasteiger partial charge in [0.2, 0.25) is 5.69 Å². The fraction of sp³-hybridized carbons (Fsp3) is 0.250. The van der Waals surface area contributed by atoms with E-state index in [4.69, 9.17) is 18.9 Å². The highest BCUT2D eigenvalue weighted by Crippen LogP contribution is 2.33. The van der Waals surface area contributed by atoms with E-state index in [1.54, 1.807) is 36.4 Å². The van der Waals surface area contributed by atoms with Crippen LogP contribution >= 0.6 is 0 Å². The topological polar surface area (TPSA) is 75.4 Å². The lowest BCUT2D eigenvalue weighted by Crippen LogP contribution is -1.95. The van der Waals surface area contributed by atoms with Crippen LogP contribution in [0.1, 0.15) is 0 Å². The highest BCUT2D eigenvalue weighted by Gasteiger charge is 2.12. The summed E-state index contributed by atoms with van der Waals surface area (Å²) in [5.41, 5.74) is 0.755. The largest absolute Gasteiger partial charge is 0.594 e. The normalized spacial score (nSPS) is 11.0. The van der Waals surface area contributed by atoms with Gasteiger partial charge < -0.3 is 24.2 Å². The van der Waals surface area contributed by atoms with Crippen LogP contribution < -0.4 is 18.9 Å². The van der Waals surface area contributed by atoms with Crippen LogP contribution in [0.3, 0.4) is 0 Å². The van der Waals surface area contributed by atoms with E-state index in [1.165, 1.54) is 28.4 Å². The highest BCUT2D eigenvalue weighted by atomic mass is 16.5. The average Bonchev–Trinajstić information content (AvgIpc) is 2.60. The molecule has 0 aliphatic carbocycles. The summed E-state index contributed by atoms with van der Waals surface area (Å²) in [7, 11) is 6.09. The Labute approximate surface area is 134 Å². The molecule has 122 valence electrons. The lowest BCUT2D eigenvalue weighted by atomic mass is 10.3. The van der Waals surface area contributed by atoms with Crippen molar-refractivity contribution in [2.24, 2.45) is 5.11 Å². The van der Waals surface area contributed by atoms with Crippen LogP contribution in [-0.2, 0) is 0 Å². The molecule has 0 fully saturated rings. The van der Waals surface area contributed by atoms with Crippen molar-refractivity contribution in [3.8, 4) is 23.0 Å². The zero-order valence-corrected chi connectivity index (χ0v) is 13.4. The molecule has 7 heteroatoms. The molecule has 0 aliphatic heterocycles. The monoisotopic (exact) mass is 318 g/mol. The molecule has 7 nitrogen and oxygen atoms in total. The molecular weight excluding hydrogens is 300 g/mol. The molecule has 0 radical (unpaired) electrons. The van der Waals surface area contributed by atoms with Gasteiger partial charge in [-0.05, 0) is 23.1 Å². The van der Waals surface area contributed by atoms with Gasteiger partial charge in [-0.3, -0.25) is 0 Å². The highest BCUT2D eigenvalue weighted by molar-refractivity contribution is 5.51. The van der Waals surface area contributed by atoms with Gasteiger partial charge in [0.05, 0.1) is 34.5 Å². The Kier molecular flexibility index (Phi) is 5.24. The summed E-state index contributed by atoms with van der Waals surface area (Å²) in [6, 6.07) is 9.75. The zero-order valence-electron chi connectivity index (χ0n) is 13.4. The van der Waals surface area contributed by atoms with Gasteiger partial charge >= 0.3 is 0 Å². The second-order valence-electron chi connectivity index (χ2n) is 4.45. The minimum Gasteiger partial charge on any atom is -0.594 e. The molecule has 0 aromatic heterocycles. The van der Waals surface area contributed by atoms with Gasteiger partial charge in [0.1, 0.15) is 5.69 Å². The van der Waals surface area contributed by atoms with E-state index in [1.807, 2.05) is 0 Å². The van der Waals surface area contributed by atoms with E-state index in [9.17, 15) is 5.21 Å². The summed E-state index contributed by atoms with van der Waals surface area (Å²) >= 11 is 0. The van der Waals surface area contributed by atoms with Gasteiger partial charge in [-0.2, -0.15) is 0 Å². The predicted octanol–water partition coefficient (Wildman–Crippen LogP) is 3.65. The smallest absolute Gasteiger partial charge is 0.248 e. The quantitative estimate of drug-likeness (QED) is 0.462. The Morgan fingerprint density at radius 2 is 1.26 bits per heavy atom. The van der Waals surface area contributed by atoms with Crippen LogP contribution in [0, 0.1) is 5.21 Å². The third kappa shape index (κ3) is 3.63. The standard InChI is InChI=1S/C16H18N2O5/c1-20-13-7-5-11(9-15(13)22-3)17-18(19)12-6-8-14(21-2)16(10-12)23-4/h5-10H,1-4H3. The first-order chi connectivity index (χ1) is 11.1. The molecule has 0 heterocycles. The van der Waals surface area contributed by atoms with Crippen LogP contribution in [0.4, 0.5) is 11.4 Å². The number of nitrogens with zero attached hydrogens (tertiary/aromatic N) is 2. The first-order valence-electron chi connectivity index (χ1n) is 6.76. The summed E-state index contributed by atoms with van der Waals surface area (Å²) in [5, 5.41) is 16.2. The minimum atomic E-state index is 0.317. The van der Waals surface area contributed by atoms with Gasteiger partial charge in [0.15, 0.2) is 23.0 Å². The maximum Gasteiger partial charge on any atom is 0.248 e. The first kappa shape index (κ1) is 16.4. The molecule has 23 heavy (non-hydrogen) atoms. The van der Waals surface area contributed by atoms with Crippen LogP contribution in [0.2, 0.25) is 0 Å². The van der Waals surface area contributed by atoms with Gasteiger partial charge in [0, 0.05) is 17.2 Å². The summed E-state index contributed by atoms with van der Waals surface area (Å²) in [4.78, 5) is 0.503. The molecule has 2 rings (SSSR count). The zero-order chi connectivity index (χ0) is 16.8. The van der Waals surface area contributed by atoms with Crippen molar-refractivity contribution in [2.45, 2.75) is 0 Å². The fourth-order valence-corrected chi connectivity index (χ4v) is 1.99. The Morgan fingerprint density at radius 3 is 1.83 bits per heavy atom. The Bertz CT molecular complexity index is 716. The van der Waals surface area contributed by atoms with Crippen LogP contribution in [0.15, 0.2) is 41.5 Å². The van der Waals surface area contributed by atoms with Crippen molar-refractivity contribution in [1.29, 1.82) is 0 Å². The second kappa shape index (κ2) is 7.35. The Hall–Kier alpha value is -2.96. The molecule has 0 N–H and O–H groups in total. The average molecular weight is 318 g/mol. The molecule has 0 saturated heterocycles. The lowest BCUT2D eigenvalue weighted by molar-refractivity contribution is -0.435. The number of rotatable bonds is 6. The van der Waals surface area contributed by atoms with E-state index < -0.39 is 0 Å². The van der Waals surface area contributed by atoms with Crippen molar-refractivity contribution >= 4 is 11.4 Å². The van der Waals surface area contributed by atoms with Crippen LogP contribution in [-0.4, -0.2) is 33.3 Å². The number of benzene rings is 2. The van der Waals surface area contributed by atoms with Gasteiger partial charge in [-0.1, -0.05) is 0 Å². The predicted molar refractivity (Wildman–Crippen MR) is 84.5 cm³/mol. The summed E-state index contributed by atoms with van der Waals surface area (Å²) in [5.74, 6) is 2.05. The van der Waals surface area contributed by atoms with Crippen molar-refractivity contribution < 1.29 is 23.8 Å². The number of hydrogen-bond acceptors (Lipinski definition) is 6. The molecule has 0 aliphatic rings. The van der Waals surface area contributed by atoms with E-state index >= 15 is 0 Å². The molecule has 2 aromatic rings. The van der Waals surface area contributed by atoms with E-state index in [0.717, 1.165) is 0 Å². The SMILES string of the molecule is COc1ccc(N=[N+]([O-])c2ccc(OC)c(OC)c2)cc1OC. The van der Waals surface area contributed by atoms with E-state index in [-0.39, 0.29) is 0 Å². The Balaban J connectivity index is 2.36. The third-order valence-corrected chi connectivity index (χ3v) is 3.16. The minimum absolute atomic E-state index is 0.317. The molecule has 0 amide bonds. The van der Waals surface area contributed by atoms with Gasteiger partial charge in [-0.25, -0.2) is 0 Å². The second-order valence-corrected chi connectivity index (χ2v) is 4.45. The molecule has 0 atom stereocenters. The van der Waals surface area contributed by atoms with Crippen molar-refractivity contribution in [3.63, 3.8) is 0 Å². The third-order valence-electron chi connectivity index (χ3n) is 3.16. The Morgan fingerprint density at radius 1 is 0.739 bits per heavy atom. The molecule has 0 spiro atoms. The summed E-state index contributed by atoms with van der Waals surface area (Å²) in [6.07, 6.45) is 0. The molecule has 2 aromatic carbocycles. The van der Waals surface area contributed by atoms with Gasteiger partial charge in [0.25, 0.3) is 0 Å². The maximum absolute atomic E-state index is 12.2. The molecule has 0 bridgehead atoms. The van der Waals surface area contributed by atoms with Crippen molar-refractivity contribution in [2.75, 3.05) is 28.4 Å². The molecule has 0 unspecified atom stereocenters.